The molecule has 3 heteroatoms. The molecule has 0 spiro atoms. The summed E-state index contributed by atoms with van der Waals surface area (Å²) in [6.07, 6.45) is 1.87. The Morgan fingerprint density at radius 3 is 2.58 bits per heavy atom. The van der Waals surface area contributed by atoms with Crippen molar-refractivity contribution in [3.63, 3.8) is 0 Å². The summed E-state index contributed by atoms with van der Waals surface area (Å²) in [5.41, 5.74) is 1.13. The van der Waals surface area contributed by atoms with Crippen LogP contribution in [0, 0.1) is 6.92 Å². The van der Waals surface area contributed by atoms with Crippen molar-refractivity contribution in [3.05, 3.63) is 32.7 Å². The summed E-state index contributed by atoms with van der Waals surface area (Å²) in [5.74, 6) is 0. The van der Waals surface area contributed by atoms with E-state index in [1.165, 1.54) is 0 Å². The summed E-state index contributed by atoms with van der Waals surface area (Å²) in [7, 11) is 0. The molecule has 0 fully saturated rings. The van der Waals surface area contributed by atoms with E-state index in [-0.39, 0.29) is 11.6 Å². The normalized spacial score (nSPS) is 10.8. The van der Waals surface area contributed by atoms with Gasteiger partial charge in [-0.25, -0.2) is 0 Å². The van der Waals surface area contributed by atoms with Crippen LogP contribution in [-0.4, -0.2) is 4.57 Å². The lowest BCUT2D eigenvalue weighted by Crippen LogP contribution is -2.22. The molecular weight excluding hydrogens is 218 g/mol. The standard InChI is InChI=1S/C9H12BrNO/c1-6(2)11-5-7(3)4-8(10)9(11)12/h4-6H,1-3H3. The SMILES string of the molecule is Cc1cc(Br)c(=O)n(C(C)C)c1. The van der Waals surface area contributed by atoms with Crippen molar-refractivity contribution in [2.45, 2.75) is 26.8 Å². The highest BCUT2D eigenvalue weighted by Crippen LogP contribution is 2.09. The Kier molecular flexibility index (Phi) is 2.73. The molecule has 0 N–H and O–H groups in total. The molecule has 0 radical (unpaired) electrons. The molecule has 0 atom stereocenters. The molecule has 0 aliphatic heterocycles. The fourth-order valence-electron chi connectivity index (χ4n) is 1.08. The number of rotatable bonds is 1. The average molecular weight is 230 g/mol. The van der Waals surface area contributed by atoms with Gasteiger partial charge >= 0.3 is 0 Å². The summed E-state index contributed by atoms with van der Waals surface area (Å²) < 4.78 is 2.36. The van der Waals surface area contributed by atoms with Crippen molar-refractivity contribution in [2.75, 3.05) is 0 Å². The van der Waals surface area contributed by atoms with Gasteiger partial charge in [0.2, 0.25) is 0 Å². The molecule has 0 bridgehead atoms. The van der Waals surface area contributed by atoms with E-state index in [1.54, 1.807) is 4.57 Å². The van der Waals surface area contributed by atoms with Crippen LogP contribution in [0.3, 0.4) is 0 Å². The molecule has 0 aromatic carbocycles. The molecule has 1 rings (SSSR count). The third kappa shape index (κ3) is 1.78. The highest BCUT2D eigenvalue weighted by molar-refractivity contribution is 9.10. The van der Waals surface area contributed by atoms with Crippen LogP contribution in [0.2, 0.25) is 0 Å². The fraction of sp³-hybridized carbons (Fsp3) is 0.444. The van der Waals surface area contributed by atoms with E-state index in [9.17, 15) is 4.79 Å². The van der Waals surface area contributed by atoms with Crippen LogP contribution >= 0.6 is 15.9 Å². The average Bonchev–Trinajstić information content (AvgIpc) is 1.96. The molecule has 0 saturated carbocycles. The summed E-state index contributed by atoms with van der Waals surface area (Å²) in [4.78, 5) is 11.5. The van der Waals surface area contributed by atoms with Crippen molar-refractivity contribution >= 4 is 15.9 Å². The van der Waals surface area contributed by atoms with Gasteiger partial charge in [0.25, 0.3) is 5.56 Å². The molecule has 0 aliphatic rings. The molecule has 1 heterocycles. The zero-order chi connectivity index (χ0) is 9.30. The molecule has 0 saturated heterocycles. The Morgan fingerprint density at radius 2 is 2.08 bits per heavy atom. The molecule has 12 heavy (non-hydrogen) atoms. The second-order valence-corrected chi connectivity index (χ2v) is 4.03. The Hall–Kier alpha value is -0.570. The van der Waals surface area contributed by atoms with Crippen molar-refractivity contribution in [3.8, 4) is 0 Å². The molecule has 66 valence electrons. The molecule has 0 aliphatic carbocycles. The lowest BCUT2D eigenvalue weighted by atomic mass is 10.3. The first-order valence-corrected chi connectivity index (χ1v) is 4.70. The monoisotopic (exact) mass is 229 g/mol. The quantitative estimate of drug-likeness (QED) is 0.726. The van der Waals surface area contributed by atoms with Crippen molar-refractivity contribution in [2.24, 2.45) is 0 Å². The van der Waals surface area contributed by atoms with Crippen molar-refractivity contribution in [1.82, 2.24) is 4.57 Å². The topological polar surface area (TPSA) is 22.0 Å². The Balaban J connectivity index is 3.38. The van der Waals surface area contributed by atoms with Crippen LogP contribution < -0.4 is 5.56 Å². The molecular formula is C9H12BrNO. The Labute approximate surface area is 80.3 Å². The molecule has 0 unspecified atom stereocenters. The second-order valence-electron chi connectivity index (χ2n) is 3.17. The van der Waals surface area contributed by atoms with Gasteiger partial charge in [-0.3, -0.25) is 4.79 Å². The zero-order valence-electron chi connectivity index (χ0n) is 7.47. The summed E-state index contributed by atoms with van der Waals surface area (Å²) in [6, 6.07) is 2.05. The smallest absolute Gasteiger partial charge is 0.265 e. The minimum Gasteiger partial charge on any atom is -0.312 e. The van der Waals surface area contributed by atoms with Crippen molar-refractivity contribution < 1.29 is 0 Å². The maximum Gasteiger partial charge on any atom is 0.265 e. The first-order valence-electron chi connectivity index (χ1n) is 3.90. The fourth-order valence-corrected chi connectivity index (χ4v) is 1.65. The predicted molar refractivity (Wildman–Crippen MR) is 53.5 cm³/mol. The van der Waals surface area contributed by atoms with Gasteiger partial charge in [-0.05, 0) is 48.3 Å². The van der Waals surface area contributed by atoms with E-state index < -0.39 is 0 Å². The lowest BCUT2D eigenvalue weighted by molar-refractivity contribution is 0.574. The zero-order valence-corrected chi connectivity index (χ0v) is 9.05. The maximum atomic E-state index is 11.5. The van der Waals surface area contributed by atoms with E-state index in [0.29, 0.717) is 4.47 Å². The van der Waals surface area contributed by atoms with Gasteiger partial charge < -0.3 is 4.57 Å². The van der Waals surface area contributed by atoms with Crippen LogP contribution in [0.25, 0.3) is 0 Å². The van der Waals surface area contributed by atoms with Gasteiger partial charge in [0, 0.05) is 12.2 Å². The largest absolute Gasteiger partial charge is 0.312 e. The molecule has 0 amide bonds. The summed E-state index contributed by atoms with van der Waals surface area (Å²) in [5, 5.41) is 0. The summed E-state index contributed by atoms with van der Waals surface area (Å²) >= 11 is 3.23. The maximum absolute atomic E-state index is 11.5. The van der Waals surface area contributed by atoms with E-state index in [0.717, 1.165) is 5.56 Å². The predicted octanol–water partition coefficient (Wildman–Crippen LogP) is 2.50. The number of halogens is 1. The minimum absolute atomic E-state index is 0.0376. The van der Waals surface area contributed by atoms with E-state index in [2.05, 4.69) is 15.9 Å². The minimum atomic E-state index is 0.0376. The number of hydrogen-bond donors (Lipinski definition) is 0. The van der Waals surface area contributed by atoms with Crippen LogP contribution in [-0.2, 0) is 0 Å². The van der Waals surface area contributed by atoms with E-state index in [1.807, 2.05) is 33.0 Å². The lowest BCUT2D eigenvalue weighted by Gasteiger charge is -2.10. The van der Waals surface area contributed by atoms with Crippen LogP contribution in [0.4, 0.5) is 0 Å². The van der Waals surface area contributed by atoms with Gasteiger partial charge in [-0.1, -0.05) is 0 Å². The van der Waals surface area contributed by atoms with Crippen LogP contribution in [0.5, 0.6) is 0 Å². The number of nitrogens with zero attached hydrogens (tertiary/aromatic N) is 1. The van der Waals surface area contributed by atoms with Gasteiger partial charge in [-0.2, -0.15) is 0 Å². The highest BCUT2D eigenvalue weighted by atomic mass is 79.9. The van der Waals surface area contributed by atoms with Gasteiger partial charge in [-0.15, -0.1) is 0 Å². The number of aryl methyl sites for hydroxylation is 1. The summed E-state index contributed by atoms with van der Waals surface area (Å²) in [6.45, 7) is 5.96. The third-order valence-corrected chi connectivity index (χ3v) is 2.26. The van der Waals surface area contributed by atoms with E-state index in [4.69, 9.17) is 0 Å². The van der Waals surface area contributed by atoms with Gasteiger partial charge in [0.15, 0.2) is 0 Å². The van der Waals surface area contributed by atoms with Gasteiger partial charge in [0.1, 0.15) is 0 Å². The molecule has 2 nitrogen and oxygen atoms in total. The van der Waals surface area contributed by atoms with Crippen LogP contribution in [0.15, 0.2) is 21.5 Å². The second kappa shape index (κ2) is 3.44. The third-order valence-electron chi connectivity index (χ3n) is 1.69. The number of hydrogen-bond acceptors (Lipinski definition) is 1. The Bertz CT molecular complexity index is 341. The van der Waals surface area contributed by atoms with E-state index >= 15 is 0 Å². The number of pyridine rings is 1. The van der Waals surface area contributed by atoms with Crippen LogP contribution in [0.1, 0.15) is 25.5 Å². The Morgan fingerprint density at radius 1 is 1.50 bits per heavy atom. The van der Waals surface area contributed by atoms with Crippen molar-refractivity contribution in [1.29, 1.82) is 0 Å². The van der Waals surface area contributed by atoms with Gasteiger partial charge in [0.05, 0.1) is 4.47 Å². The molecule has 1 aromatic rings. The first kappa shape index (κ1) is 9.52. The number of aromatic nitrogens is 1. The first-order chi connectivity index (χ1) is 5.52. The highest BCUT2D eigenvalue weighted by Gasteiger charge is 2.04. The molecule has 1 aromatic heterocycles.